The van der Waals surface area contributed by atoms with Crippen LogP contribution in [-0.4, -0.2) is 30.8 Å². The van der Waals surface area contributed by atoms with E-state index in [1.807, 2.05) is 0 Å². The van der Waals surface area contributed by atoms with Crippen LogP contribution in [0, 0.1) is 5.92 Å². The molecule has 3 unspecified atom stereocenters. The second kappa shape index (κ2) is 6.12. The number of fused-ring (bicyclic) bond motifs is 1. The molecule has 2 aliphatic rings. The third-order valence-corrected chi connectivity index (χ3v) is 4.24. The van der Waals surface area contributed by atoms with Gasteiger partial charge in [0.2, 0.25) is 0 Å². The molecule has 6 heteroatoms. The first-order chi connectivity index (χ1) is 10.6. The Morgan fingerprint density at radius 2 is 2.05 bits per heavy atom. The summed E-state index contributed by atoms with van der Waals surface area (Å²) in [5.74, 6) is -0.0889. The molecule has 0 spiro atoms. The Balaban J connectivity index is 1.95. The van der Waals surface area contributed by atoms with Gasteiger partial charge in [0.15, 0.2) is 11.5 Å². The highest BCUT2D eigenvalue weighted by Gasteiger charge is 2.33. The zero-order chi connectivity index (χ0) is 15.7. The van der Waals surface area contributed by atoms with Crippen molar-refractivity contribution in [2.75, 3.05) is 19.8 Å². The molecular formula is C16H20FNO4. The highest BCUT2D eigenvalue weighted by molar-refractivity contribution is 5.71. The monoisotopic (exact) mass is 309 g/mol. The summed E-state index contributed by atoms with van der Waals surface area (Å²) in [5, 5.41) is 12.3. The Morgan fingerprint density at radius 1 is 1.36 bits per heavy atom. The van der Waals surface area contributed by atoms with Gasteiger partial charge in [0, 0.05) is 19.0 Å². The molecule has 0 radical (unpaired) electrons. The van der Waals surface area contributed by atoms with E-state index < -0.39 is 18.1 Å². The van der Waals surface area contributed by atoms with E-state index >= 15 is 0 Å². The second-order valence-corrected chi connectivity index (χ2v) is 5.83. The van der Waals surface area contributed by atoms with E-state index in [-0.39, 0.29) is 6.04 Å². The molecule has 2 N–H and O–H groups in total. The van der Waals surface area contributed by atoms with E-state index in [1.54, 1.807) is 12.1 Å². The Hall–Kier alpha value is -1.82. The van der Waals surface area contributed by atoms with E-state index in [2.05, 4.69) is 5.32 Å². The van der Waals surface area contributed by atoms with Crippen molar-refractivity contribution in [2.24, 2.45) is 5.92 Å². The third-order valence-electron chi connectivity index (χ3n) is 4.24. The van der Waals surface area contributed by atoms with Crippen LogP contribution in [0.25, 0.3) is 0 Å². The first-order valence-electron chi connectivity index (χ1n) is 7.60. The fourth-order valence-electron chi connectivity index (χ4n) is 3.05. The minimum Gasteiger partial charge on any atom is -0.490 e. The average Bonchev–Trinajstić information content (AvgIpc) is 2.86. The predicted octanol–water partition coefficient (Wildman–Crippen LogP) is 2.61. The van der Waals surface area contributed by atoms with Gasteiger partial charge in [-0.2, -0.15) is 0 Å². The van der Waals surface area contributed by atoms with Crippen molar-refractivity contribution in [1.29, 1.82) is 0 Å². The van der Waals surface area contributed by atoms with Crippen LogP contribution in [0.1, 0.15) is 43.1 Å². The number of hydrogen-bond donors (Lipinski definition) is 2. The van der Waals surface area contributed by atoms with Gasteiger partial charge < -0.3 is 19.9 Å². The van der Waals surface area contributed by atoms with Gasteiger partial charge in [-0.25, -0.2) is 4.39 Å². The lowest BCUT2D eigenvalue weighted by Gasteiger charge is -2.20. The van der Waals surface area contributed by atoms with Crippen LogP contribution in [0.15, 0.2) is 12.1 Å². The second-order valence-electron chi connectivity index (χ2n) is 5.83. The molecule has 1 aromatic rings. The van der Waals surface area contributed by atoms with Crippen molar-refractivity contribution in [3.8, 4) is 11.5 Å². The van der Waals surface area contributed by atoms with Crippen LogP contribution in [0.4, 0.5) is 4.39 Å². The maximum absolute atomic E-state index is 14.0. The molecule has 3 atom stereocenters. The third kappa shape index (κ3) is 2.88. The first kappa shape index (κ1) is 15.1. The molecule has 0 amide bonds. The lowest BCUT2D eigenvalue weighted by atomic mass is 9.93. The van der Waals surface area contributed by atoms with Gasteiger partial charge in [0.1, 0.15) is 6.17 Å². The van der Waals surface area contributed by atoms with Crippen LogP contribution in [-0.2, 0) is 4.79 Å². The highest BCUT2D eigenvalue weighted by Crippen LogP contribution is 2.40. The van der Waals surface area contributed by atoms with Crippen molar-refractivity contribution in [3.05, 3.63) is 23.3 Å². The smallest absolute Gasteiger partial charge is 0.307 e. The molecular weight excluding hydrogens is 289 g/mol. The number of carboxylic acid groups (broad SMARTS) is 1. The van der Waals surface area contributed by atoms with Gasteiger partial charge in [0.25, 0.3) is 0 Å². The van der Waals surface area contributed by atoms with Crippen molar-refractivity contribution in [2.45, 2.75) is 32.0 Å². The molecule has 1 aromatic carbocycles. The Labute approximate surface area is 128 Å². The molecule has 120 valence electrons. The number of hydrogen-bond acceptors (Lipinski definition) is 4. The van der Waals surface area contributed by atoms with Crippen LogP contribution in [0.3, 0.4) is 0 Å². The Bertz CT molecular complexity index is 576. The molecule has 2 aliphatic heterocycles. The largest absolute Gasteiger partial charge is 0.490 e. The van der Waals surface area contributed by atoms with Crippen LogP contribution < -0.4 is 14.8 Å². The molecule has 3 rings (SSSR count). The molecule has 2 heterocycles. The molecule has 5 nitrogen and oxygen atoms in total. The maximum atomic E-state index is 14.0. The summed E-state index contributed by atoms with van der Waals surface area (Å²) < 4.78 is 25.3. The van der Waals surface area contributed by atoms with E-state index in [9.17, 15) is 9.18 Å². The first-order valence-corrected chi connectivity index (χ1v) is 7.60. The predicted molar refractivity (Wildman–Crippen MR) is 78.1 cm³/mol. The fourth-order valence-corrected chi connectivity index (χ4v) is 3.05. The summed E-state index contributed by atoms with van der Waals surface area (Å²) in [6.07, 6.45) is 0.0833. The number of halogens is 1. The lowest BCUT2D eigenvalue weighted by Crippen LogP contribution is -2.18. The van der Waals surface area contributed by atoms with Gasteiger partial charge >= 0.3 is 5.97 Å². The Kier molecular flexibility index (Phi) is 4.20. The number of alkyl halides is 1. The number of carboxylic acids is 1. The van der Waals surface area contributed by atoms with E-state index in [0.29, 0.717) is 43.2 Å². The van der Waals surface area contributed by atoms with Crippen molar-refractivity contribution in [3.63, 3.8) is 0 Å². The quantitative estimate of drug-likeness (QED) is 0.898. The number of rotatable bonds is 3. The fraction of sp³-hybridized carbons (Fsp3) is 0.562. The minimum atomic E-state index is -1.15. The molecule has 22 heavy (non-hydrogen) atoms. The molecule has 1 saturated heterocycles. The molecule has 0 aliphatic carbocycles. The van der Waals surface area contributed by atoms with E-state index in [4.69, 9.17) is 14.6 Å². The summed E-state index contributed by atoms with van der Waals surface area (Å²) in [6.45, 7) is 2.99. The number of carbonyl (C=O) groups is 1. The van der Waals surface area contributed by atoms with Crippen molar-refractivity contribution < 1.29 is 23.8 Å². The van der Waals surface area contributed by atoms with Gasteiger partial charge in [-0.3, -0.25) is 4.79 Å². The number of benzene rings is 1. The SMILES string of the molecule is CC(F)c1cc2c(cc1C1CC(C(=O)O)CN1)OCCCO2. The highest BCUT2D eigenvalue weighted by atomic mass is 19.1. The van der Waals surface area contributed by atoms with Gasteiger partial charge in [0.05, 0.1) is 19.1 Å². The van der Waals surface area contributed by atoms with E-state index in [1.165, 1.54) is 6.92 Å². The van der Waals surface area contributed by atoms with Crippen LogP contribution in [0.2, 0.25) is 0 Å². The summed E-state index contributed by atoms with van der Waals surface area (Å²) in [5.41, 5.74) is 1.30. The minimum absolute atomic E-state index is 0.175. The topological polar surface area (TPSA) is 67.8 Å². The number of nitrogens with one attached hydrogen (secondary N) is 1. The maximum Gasteiger partial charge on any atom is 0.307 e. The van der Waals surface area contributed by atoms with Gasteiger partial charge in [-0.05, 0) is 36.6 Å². The van der Waals surface area contributed by atoms with Gasteiger partial charge in [-0.15, -0.1) is 0 Å². The van der Waals surface area contributed by atoms with E-state index in [0.717, 1.165) is 12.0 Å². The zero-order valence-electron chi connectivity index (χ0n) is 12.5. The summed E-state index contributed by atoms with van der Waals surface area (Å²) >= 11 is 0. The summed E-state index contributed by atoms with van der Waals surface area (Å²) in [6, 6.07) is 3.32. The van der Waals surface area contributed by atoms with Crippen molar-refractivity contribution >= 4 is 5.97 Å². The average molecular weight is 309 g/mol. The number of aliphatic carboxylic acids is 1. The molecule has 1 fully saturated rings. The standard InChI is InChI=1S/C16H20FNO4/c1-9(17)11-6-14-15(22-4-2-3-21-14)7-12(11)13-5-10(8-18-13)16(19)20/h6-7,9-10,13,18H,2-5,8H2,1H3,(H,19,20). The van der Waals surface area contributed by atoms with Crippen molar-refractivity contribution in [1.82, 2.24) is 5.32 Å². The zero-order valence-corrected chi connectivity index (χ0v) is 12.5. The molecule has 0 saturated carbocycles. The molecule has 0 aromatic heterocycles. The van der Waals surface area contributed by atoms with Crippen LogP contribution >= 0.6 is 0 Å². The summed E-state index contributed by atoms with van der Waals surface area (Å²) in [7, 11) is 0. The molecule has 0 bridgehead atoms. The van der Waals surface area contributed by atoms with Gasteiger partial charge in [-0.1, -0.05) is 0 Å². The normalized spacial score (nSPS) is 25.5. The lowest BCUT2D eigenvalue weighted by molar-refractivity contribution is -0.141. The van der Waals surface area contributed by atoms with Crippen LogP contribution in [0.5, 0.6) is 11.5 Å². The summed E-state index contributed by atoms with van der Waals surface area (Å²) in [4.78, 5) is 11.1. The number of ether oxygens (including phenoxy) is 2. The Morgan fingerprint density at radius 3 is 2.64 bits per heavy atom.